The smallest absolute Gasteiger partial charge is 0.251 e. The van der Waals surface area contributed by atoms with E-state index in [1.807, 2.05) is 12.1 Å². The molecule has 1 heterocycles. The molecule has 1 aromatic carbocycles. The lowest BCUT2D eigenvalue weighted by Crippen LogP contribution is -2.22. The number of amides is 1. The summed E-state index contributed by atoms with van der Waals surface area (Å²) in [6.45, 7) is 0.513. The van der Waals surface area contributed by atoms with Crippen molar-refractivity contribution in [2.24, 2.45) is 0 Å². The van der Waals surface area contributed by atoms with Gasteiger partial charge in [-0.1, -0.05) is 27.5 Å². The molecular formula is C12H8Br2ClNOS. The van der Waals surface area contributed by atoms with E-state index in [0.717, 1.165) is 13.1 Å². The van der Waals surface area contributed by atoms with Crippen LogP contribution >= 0.6 is 54.8 Å². The zero-order valence-electron chi connectivity index (χ0n) is 9.04. The maximum absolute atomic E-state index is 11.9. The summed E-state index contributed by atoms with van der Waals surface area (Å²) in [6, 6.07) is 9.07. The van der Waals surface area contributed by atoms with Crippen molar-refractivity contribution >= 4 is 60.7 Å². The SMILES string of the molecule is O=C(NCc1ccc(Br)s1)c1cc(Cl)cc(Br)c1. The molecule has 0 atom stereocenters. The van der Waals surface area contributed by atoms with Crippen molar-refractivity contribution in [2.45, 2.75) is 6.54 Å². The van der Waals surface area contributed by atoms with E-state index in [0.29, 0.717) is 17.1 Å². The fourth-order valence-corrected chi connectivity index (χ4v) is 3.68. The van der Waals surface area contributed by atoms with Gasteiger partial charge in [0.2, 0.25) is 0 Å². The van der Waals surface area contributed by atoms with Crippen LogP contribution in [0.1, 0.15) is 15.2 Å². The van der Waals surface area contributed by atoms with Gasteiger partial charge in [0.25, 0.3) is 5.91 Å². The molecule has 0 saturated carbocycles. The molecule has 0 unspecified atom stereocenters. The number of carbonyl (C=O) groups is 1. The summed E-state index contributed by atoms with van der Waals surface area (Å²) in [6.07, 6.45) is 0. The number of halogens is 3. The largest absolute Gasteiger partial charge is 0.347 e. The molecule has 0 spiro atoms. The van der Waals surface area contributed by atoms with Gasteiger partial charge in [0.1, 0.15) is 0 Å². The Bertz CT molecular complexity index is 565. The lowest BCUT2D eigenvalue weighted by molar-refractivity contribution is 0.0951. The van der Waals surface area contributed by atoms with Crippen LogP contribution in [0.4, 0.5) is 0 Å². The zero-order chi connectivity index (χ0) is 13.1. The third-order valence-electron chi connectivity index (χ3n) is 2.18. The fraction of sp³-hybridized carbons (Fsp3) is 0.0833. The Kier molecular flexibility index (Phi) is 4.84. The first kappa shape index (κ1) is 14.1. The van der Waals surface area contributed by atoms with Gasteiger partial charge >= 0.3 is 0 Å². The molecule has 0 aliphatic heterocycles. The molecule has 94 valence electrons. The standard InChI is InChI=1S/C12H8Br2ClNOS/c13-8-3-7(4-9(15)5-8)12(17)16-6-10-1-2-11(14)18-10/h1-5H,6H2,(H,16,17). The molecule has 0 saturated heterocycles. The van der Waals surface area contributed by atoms with Gasteiger partial charge in [-0.25, -0.2) is 0 Å². The summed E-state index contributed by atoms with van der Waals surface area (Å²) in [5.74, 6) is -0.136. The molecular weight excluding hydrogens is 401 g/mol. The minimum atomic E-state index is -0.136. The van der Waals surface area contributed by atoms with E-state index >= 15 is 0 Å². The van der Waals surface area contributed by atoms with Crippen LogP contribution in [0.25, 0.3) is 0 Å². The highest BCUT2D eigenvalue weighted by atomic mass is 79.9. The van der Waals surface area contributed by atoms with Gasteiger partial charge in [0, 0.05) is 19.9 Å². The summed E-state index contributed by atoms with van der Waals surface area (Å²) in [5.41, 5.74) is 0.546. The third-order valence-corrected chi connectivity index (χ3v) is 4.48. The first-order valence-corrected chi connectivity index (χ1v) is 7.81. The Morgan fingerprint density at radius 2 is 2.06 bits per heavy atom. The second-order valence-electron chi connectivity index (χ2n) is 3.55. The summed E-state index contributed by atoms with van der Waals surface area (Å²) < 4.78 is 1.84. The summed E-state index contributed by atoms with van der Waals surface area (Å²) in [7, 11) is 0. The lowest BCUT2D eigenvalue weighted by Gasteiger charge is -2.05. The van der Waals surface area contributed by atoms with E-state index in [1.54, 1.807) is 29.5 Å². The van der Waals surface area contributed by atoms with Crippen molar-refractivity contribution in [2.75, 3.05) is 0 Å². The second kappa shape index (κ2) is 6.19. The molecule has 1 N–H and O–H groups in total. The number of benzene rings is 1. The van der Waals surface area contributed by atoms with Crippen molar-refractivity contribution in [1.29, 1.82) is 0 Å². The molecule has 0 fully saturated rings. The van der Waals surface area contributed by atoms with Crippen LogP contribution in [0.3, 0.4) is 0 Å². The van der Waals surface area contributed by atoms with Gasteiger partial charge in [-0.2, -0.15) is 0 Å². The van der Waals surface area contributed by atoms with Crippen molar-refractivity contribution in [3.8, 4) is 0 Å². The van der Waals surface area contributed by atoms with Gasteiger partial charge < -0.3 is 5.32 Å². The molecule has 1 amide bonds. The predicted molar refractivity (Wildman–Crippen MR) is 82.3 cm³/mol. The monoisotopic (exact) mass is 407 g/mol. The average Bonchev–Trinajstić information content (AvgIpc) is 2.70. The predicted octanol–water partition coefficient (Wildman–Crippen LogP) is 4.86. The van der Waals surface area contributed by atoms with Crippen molar-refractivity contribution in [3.05, 3.63) is 54.1 Å². The topological polar surface area (TPSA) is 29.1 Å². The summed E-state index contributed by atoms with van der Waals surface area (Å²) >= 11 is 14.2. The first-order chi connectivity index (χ1) is 8.54. The Morgan fingerprint density at radius 3 is 2.67 bits per heavy atom. The van der Waals surface area contributed by atoms with Crippen LogP contribution in [0, 0.1) is 0 Å². The van der Waals surface area contributed by atoms with Crippen LogP contribution < -0.4 is 5.32 Å². The van der Waals surface area contributed by atoms with E-state index in [2.05, 4.69) is 37.2 Å². The maximum atomic E-state index is 11.9. The molecule has 2 rings (SSSR count). The third kappa shape index (κ3) is 3.82. The Labute approximate surface area is 131 Å². The number of rotatable bonds is 3. The Morgan fingerprint density at radius 1 is 1.28 bits per heavy atom. The van der Waals surface area contributed by atoms with Crippen molar-refractivity contribution in [1.82, 2.24) is 5.32 Å². The lowest BCUT2D eigenvalue weighted by atomic mass is 10.2. The van der Waals surface area contributed by atoms with Crippen LogP contribution in [-0.2, 0) is 6.54 Å². The van der Waals surface area contributed by atoms with Crippen LogP contribution in [0.15, 0.2) is 38.6 Å². The molecule has 0 aliphatic rings. The van der Waals surface area contributed by atoms with Gasteiger partial charge in [-0.3, -0.25) is 4.79 Å². The van der Waals surface area contributed by atoms with Crippen LogP contribution in [0.5, 0.6) is 0 Å². The minimum absolute atomic E-state index is 0.136. The first-order valence-electron chi connectivity index (χ1n) is 5.03. The molecule has 0 bridgehead atoms. The highest BCUT2D eigenvalue weighted by Gasteiger charge is 2.08. The van der Waals surface area contributed by atoms with E-state index < -0.39 is 0 Å². The second-order valence-corrected chi connectivity index (χ2v) is 7.45. The summed E-state index contributed by atoms with van der Waals surface area (Å²) in [5, 5.41) is 3.39. The molecule has 2 nitrogen and oxygen atoms in total. The zero-order valence-corrected chi connectivity index (χ0v) is 13.8. The molecule has 0 aliphatic carbocycles. The van der Waals surface area contributed by atoms with E-state index in [9.17, 15) is 4.79 Å². The molecule has 6 heteroatoms. The van der Waals surface area contributed by atoms with Gasteiger partial charge in [-0.15, -0.1) is 11.3 Å². The van der Waals surface area contributed by atoms with E-state index in [4.69, 9.17) is 11.6 Å². The quantitative estimate of drug-likeness (QED) is 0.771. The number of hydrogen-bond acceptors (Lipinski definition) is 2. The molecule has 2 aromatic rings. The fourth-order valence-electron chi connectivity index (χ4n) is 1.40. The number of thiophene rings is 1. The summed E-state index contributed by atoms with van der Waals surface area (Å²) in [4.78, 5) is 13.0. The van der Waals surface area contributed by atoms with Gasteiger partial charge in [0.15, 0.2) is 0 Å². The molecule has 0 radical (unpaired) electrons. The van der Waals surface area contributed by atoms with E-state index in [-0.39, 0.29) is 5.91 Å². The Hall–Kier alpha value is -0.360. The minimum Gasteiger partial charge on any atom is -0.347 e. The van der Waals surface area contributed by atoms with Crippen molar-refractivity contribution < 1.29 is 4.79 Å². The number of hydrogen-bond donors (Lipinski definition) is 1. The molecule has 18 heavy (non-hydrogen) atoms. The number of nitrogens with one attached hydrogen (secondary N) is 1. The highest BCUT2D eigenvalue weighted by molar-refractivity contribution is 9.11. The Balaban J connectivity index is 2.03. The van der Waals surface area contributed by atoms with Crippen molar-refractivity contribution in [3.63, 3.8) is 0 Å². The maximum Gasteiger partial charge on any atom is 0.251 e. The molecule has 1 aromatic heterocycles. The van der Waals surface area contributed by atoms with Gasteiger partial charge in [-0.05, 0) is 46.3 Å². The van der Waals surface area contributed by atoms with Crippen LogP contribution in [0.2, 0.25) is 5.02 Å². The average molecular weight is 410 g/mol. The van der Waals surface area contributed by atoms with E-state index in [1.165, 1.54) is 0 Å². The number of carbonyl (C=O) groups excluding carboxylic acids is 1. The normalized spacial score (nSPS) is 10.4. The van der Waals surface area contributed by atoms with Crippen LogP contribution in [-0.4, -0.2) is 5.91 Å². The van der Waals surface area contributed by atoms with Gasteiger partial charge in [0.05, 0.1) is 10.3 Å². The highest BCUT2D eigenvalue weighted by Crippen LogP contribution is 2.22.